The van der Waals surface area contributed by atoms with Crippen LogP contribution in [0.25, 0.3) is 0 Å². The largest absolute Gasteiger partial charge is 0.378 e. The molecule has 1 aliphatic heterocycles. The summed E-state index contributed by atoms with van der Waals surface area (Å²) < 4.78 is 1.06. The number of anilines is 1. The molecule has 1 N–H and O–H groups in total. The average Bonchev–Trinajstić information content (AvgIpc) is 3.06. The predicted octanol–water partition coefficient (Wildman–Crippen LogP) is 5.83. The van der Waals surface area contributed by atoms with Crippen LogP contribution >= 0.6 is 15.9 Å². The van der Waals surface area contributed by atoms with Gasteiger partial charge in [-0.25, -0.2) is 0 Å². The molecule has 27 heavy (non-hydrogen) atoms. The van der Waals surface area contributed by atoms with Crippen molar-refractivity contribution in [1.82, 2.24) is 0 Å². The quantitative estimate of drug-likeness (QED) is 0.419. The van der Waals surface area contributed by atoms with Crippen LogP contribution in [0.1, 0.15) is 34.2 Å². The number of nitrogens with zero attached hydrogens (tertiary/aromatic N) is 1. The summed E-state index contributed by atoms with van der Waals surface area (Å²) in [7, 11) is 0. The molecule has 0 bridgehead atoms. The van der Waals surface area contributed by atoms with Gasteiger partial charge in [0.1, 0.15) is 0 Å². The lowest BCUT2D eigenvalue weighted by molar-refractivity contribution is -0.384. The SMILES string of the molecule is O=[N+]([O-])c1ccc2c(c1)[C@@H]1c3ccccc3C[C@@H]1[C@H](c1cccc(Br)c1)N2. The second kappa shape index (κ2) is 6.20. The lowest BCUT2D eigenvalue weighted by Gasteiger charge is -2.38. The van der Waals surface area contributed by atoms with Gasteiger partial charge in [-0.05, 0) is 52.8 Å². The van der Waals surface area contributed by atoms with Gasteiger partial charge in [-0.3, -0.25) is 10.1 Å². The highest BCUT2D eigenvalue weighted by Gasteiger charge is 2.43. The monoisotopic (exact) mass is 420 g/mol. The van der Waals surface area contributed by atoms with Gasteiger partial charge in [-0.15, -0.1) is 0 Å². The van der Waals surface area contributed by atoms with E-state index in [9.17, 15) is 10.1 Å². The first-order valence-corrected chi connectivity index (χ1v) is 9.79. The third-order valence-electron chi connectivity index (χ3n) is 5.80. The maximum atomic E-state index is 11.3. The van der Waals surface area contributed by atoms with Gasteiger partial charge in [0.2, 0.25) is 0 Å². The van der Waals surface area contributed by atoms with Crippen LogP contribution in [0.2, 0.25) is 0 Å². The molecule has 4 nitrogen and oxygen atoms in total. The second-order valence-electron chi connectivity index (χ2n) is 7.25. The molecule has 0 unspecified atom stereocenters. The van der Waals surface area contributed by atoms with Gasteiger partial charge in [0, 0.05) is 28.2 Å². The number of nitro benzene ring substituents is 1. The van der Waals surface area contributed by atoms with Crippen molar-refractivity contribution in [3.8, 4) is 0 Å². The fraction of sp³-hybridized carbons (Fsp3) is 0.182. The molecule has 5 rings (SSSR count). The Morgan fingerprint density at radius 2 is 1.85 bits per heavy atom. The normalized spacial score (nSPS) is 22.3. The number of hydrogen-bond acceptors (Lipinski definition) is 3. The topological polar surface area (TPSA) is 55.2 Å². The van der Waals surface area contributed by atoms with Crippen LogP contribution in [-0.4, -0.2) is 4.92 Å². The summed E-state index contributed by atoms with van der Waals surface area (Å²) in [5.74, 6) is 0.493. The molecule has 134 valence electrons. The van der Waals surface area contributed by atoms with Crippen molar-refractivity contribution < 1.29 is 4.92 Å². The Bertz CT molecular complexity index is 1070. The summed E-state index contributed by atoms with van der Waals surface area (Å²) in [4.78, 5) is 11.0. The predicted molar refractivity (Wildman–Crippen MR) is 109 cm³/mol. The Kier molecular flexibility index (Phi) is 3.79. The van der Waals surface area contributed by atoms with Crippen LogP contribution in [0, 0.1) is 16.0 Å². The number of rotatable bonds is 2. The summed E-state index contributed by atoms with van der Waals surface area (Å²) in [5, 5.41) is 15.0. The molecule has 0 spiro atoms. The van der Waals surface area contributed by atoms with E-state index in [1.807, 2.05) is 12.1 Å². The first-order chi connectivity index (χ1) is 13.1. The lowest BCUT2D eigenvalue weighted by atomic mass is 9.75. The molecule has 3 aromatic carbocycles. The Morgan fingerprint density at radius 3 is 2.67 bits per heavy atom. The molecule has 1 aliphatic carbocycles. The van der Waals surface area contributed by atoms with Crippen molar-refractivity contribution in [3.63, 3.8) is 0 Å². The van der Waals surface area contributed by atoms with Crippen molar-refractivity contribution in [2.24, 2.45) is 5.92 Å². The van der Waals surface area contributed by atoms with Gasteiger partial charge in [0.25, 0.3) is 5.69 Å². The van der Waals surface area contributed by atoms with Crippen molar-refractivity contribution in [2.45, 2.75) is 18.4 Å². The molecule has 1 heterocycles. The van der Waals surface area contributed by atoms with Crippen molar-refractivity contribution in [3.05, 3.63) is 104 Å². The minimum absolute atomic E-state index is 0.152. The summed E-state index contributed by atoms with van der Waals surface area (Å²) in [5.41, 5.74) is 6.05. The highest BCUT2D eigenvalue weighted by atomic mass is 79.9. The Hall–Kier alpha value is -2.66. The molecule has 0 aromatic heterocycles. The zero-order valence-electron chi connectivity index (χ0n) is 14.4. The van der Waals surface area contributed by atoms with E-state index in [2.05, 4.69) is 63.7 Å². The Morgan fingerprint density at radius 1 is 1.00 bits per heavy atom. The van der Waals surface area contributed by atoms with Crippen molar-refractivity contribution >= 4 is 27.3 Å². The number of fused-ring (bicyclic) bond motifs is 5. The first kappa shape index (κ1) is 16.5. The maximum absolute atomic E-state index is 11.3. The molecule has 3 aromatic rings. The van der Waals surface area contributed by atoms with E-state index in [0.717, 1.165) is 22.1 Å². The van der Waals surface area contributed by atoms with Crippen LogP contribution in [-0.2, 0) is 6.42 Å². The van der Waals surface area contributed by atoms with Crippen molar-refractivity contribution in [2.75, 3.05) is 5.32 Å². The number of nitro groups is 1. The molecule has 0 saturated heterocycles. The minimum Gasteiger partial charge on any atom is -0.378 e. The molecule has 0 saturated carbocycles. The van der Waals surface area contributed by atoms with Crippen LogP contribution in [0.3, 0.4) is 0 Å². The van der Waals surface area contributed by atoms with E-state index in [-0.39, 0.29) is 22.6 Å². The van der Waals surface area contributed by atoms with Gasteiger partial charge in [-0.2, -0.15) is 0 Å². The van der Waals surface area contributed by atoms with Gasteiger partial charge < -0.3 is 5.32 Å². The van der Waals surface area contributed by atoms with Crippen molar-refractivity contribution in [1.29, 1.82) is 0 Å². The fourth-order valence-corrected chi connectivity index (χ4v) is 5.11. The molecule has 0 radical (unpaired) electrons. The Balaban J connectivity index is 1.69. The number of hydrogen-bond donors (Lipinski definition) is 1. The van der Waals surface area contributed by atoms with Crippen LogP contribution in [0.15, 0.2) is 71.2 Å². The summed E-state index contributed by atoms with van der Waals surface area (Å²) in [6.07, 6.45) is 0.965. The first-order valence-electron chi connectivity index (χ1n) is 9.00. The maximum Gasteiger partial charge on any atom is 0.269 e. The second-order valence-corrected chi connectivity index (χ2v) is 8.17. The number of benzene rings is 3. The Labute approximate surface area is 165 Å². The highest BCUT2D eigenvalue weighted by molar-refractivity contribution is 9.10. The van der Waals surface area contributed by atoms with Gasteiger partial charge >= 0.3 is 0 Å². The minimum atomic E-state index is -0.309. The molecular weight excluding hydrogens is 404 g/mol. The zero-order chi connectivity index (χ0) is 18.5. The standard InChI is InChI=1S/C22H17BrN2O2/c23-15-6-3-5-14(10-15)22-19-11-13-4-1-2-7-17(13)21(19)18-12-16(25(26)27)8-9-20(18)24-22/h1-10,12,19,21-22,24H,11H2/t19-,21-,22-/m0/s1. The number of nitrogens with one attached hydrogen (secondary N) is 1. The third kappa shape index (κ3) is 2.65. The summed E-state index contributed by atoms with van der Waals surface area (Å²) >= 11 is 3.58. The number of halogens is 1. The average molecular weight is 421 g/mol. The smallest absolute Gasteiger partial charge is 0.269 e. The van der Waals surface area contributed by atoms with Gasteiger partial charge in [-0.1, -0.05) is 52.3 Å². The third-order valence-corrected chi connectivity index (χ3v) is 6.30. The summed E-state index contributed by atoms with van der Waals surface area (Å²) in [6, 6.07) is 22.3. The molecular formula is C22H17BrN2O2. The molecule has 0 fully saturated rings. The van der Waals surface area contributed by atoms with Crippen LogP contribution < -0.4 is 5.32 Å². The lowest BCUT2D eigenvalue weighted by Crippen LogP contribution is -2.30. The highest BCUT2D eigenvalue weighted by Crippen LogP contribution is 2.54. The van der Waals surface area contributed by atoms with E-state index >= 15 is 0 Å². The molecule has 2 aliphatic rings. The van der Waals surface area contributed by atoms with Gasteiger partial charge in [0.15, 0.2) is 0 Å². The fourth-order valence-electron chi connectivity index (χ4n) is 4.69. The molecule has 5 heteroatoms. The van der Waals surface area contributed by atoms with Crippen LogP contribution in [0.4, 0.5) is 11.4 Å². The zero-order valence-corrected chi connectivity index (χ0v) is 16.0. The van der Waals surface area contributed by atoms with Crippen LogP contribution in [0.5, 0.6) is 0 Å². The van der Waals surface area contributed by atoms with E-state index < -0.39 is 0 Å². The van der Waals surface area contributed by atoms with E-state index in [1.165, 1.54) is 16.7 Å². The summed E-state index contributed by atoms with van der Waals surface area (Å²) in [6.45, 7) is 0. The number of non-ortho nitro benzene ring substituents is 1. The van der Waals surface area contributed by atoms with Gasteiger partial charge in [0.05, 0.1) is 11.0 Å². The van der Waals surface area contributed by atoms with E-state index in [1.54, 1.807) is 12.1 Å². The van der Waals surface area contributed by atoms with E-state index in [4.69, 9.17) is 0 Å². The van der Waals surface area contributed by atoms with E-state index in [0.29, 0.717) is 5.92 Å². The molecule has 3 atom stereocenters. The molecule has 0 amide bonds.